The van der Waals surface area contributed by atoms with Gasteiger partial charge in [-0.25, -0.2) is 13.1 Å². The van der Waals surface area contributed by atoms with Gasteiger partial charge in [0.2, 0.25) is 10.0 Å². The molecular formula is C15H20ClNO4S. The van der Waals surface area contributed by atoms with Crippen molar-refractivity contribution in [1.29, 1.82) is 0 Å². The number of sulfonamides is 1. The molecule has 1 aromatic rings. The summed E-state index contributed by atoms with van der Waals surface area (Å²) in [5.74, 6) is -0.791. The minimum atomic E-state index is -3.68. The van der Waals surface area contributed by atoms with E-state index < -0.39 is 22.0 Å². The molecule has 7 heteroatoms. The fraction of sp³-hybridized carbons (Fsp3) is 0.533. The van der Waals surface area contributed by atoms with Crippen molar-refractivity contribution < 1.29 is 17.9 Å². The van der Waals surface area contributed by atoms with Gasteiger partial charge in [0, 0.05) is 11.1 Å². The lowest BCUT2D eigenvalue weighted by atomic mass is 9.96. The molecule has 0 spiro atoms. The van der Waals surface area contributed by atoms with E-state index in [0.29, 0.717) is 17.9 Å². The van der Waals surface area contributed by atoms with Crippen molar-refractivity contribution in [2.45, 2.75) is 43.0 Å². The van der Waals surface area contributed by atoms with E-state index in [-0.39, 0.29) is 10.9 Å². The number of esters is 1. The second-order valence-electron chi connectivity index (χ2n) is 5.45. The molecule has 1 N–H and O–H groups in total. The van der Waals surface area contributed by atoms with E-state index in [1.54, 1.807) is 0 Å². The van der Waals surface area contributed by atoms with E-state index in [1.807, 2.05) is 0 Å². The molecule has 1 aliphatic rings. The predicted molar refractivity (Wildman–Crippen MR) is 84.2 cm³/mol. The van der Waals surface area contributed by atoms with E-state index in [0.717, 1.165) is 19.3 Å². The zero-order chi connectivity index (χ0) is 16.2. The molecule has 0 heterocycles. The van der Waals surface area contributed by atoms with Gasteiger partial charge in [-0.1, -0.05) is 30.9 Å². The normalized spacial score (nSPS) is 22.8. The third-order valence-electron chi connectivity index (χ3n) is 3.95. The number of hydrogen-bond acceptors (Lipinski definition) is 4. The van der Waals surface area contributed by atoms with E-state index in [9.17, 15) is 13.2 Å². The minimum Gasteiger partial charge on any atom is -0.469 e. The van der Waals surface area contributed by atoms with Crippen LogP contribution in [-0.2, 0) is 19.6 Å². The van der Waals surface area contributed by atoms with Crippen molar-refractivity contribution >= 4 is 27.6 Å². The number of benzene rings is 1. The monoisotopic (exact) mass is 345 g/mol. The molecule has 122 valence electrons. The number of halogens is 1. The maximum Gasteiger partial charge on any atom is 0.310 e. The average molecular weight is 346 g/mol. The van der Waals surface area contributed by atoms with Crippen molar-refractivity contribution in [3.63, 3.8) is 0 Å². The van der Waals surface area contributed by atoms with Gasteiger partial charge in [0.15, 0.2) is 0 Å². The van der Waals surface area contributed by atoms with Crippen LogP contribution in [0.1, 0.15) is 32.1 Å². The summed E-state index contributed by atoms with van der Waals surface area (Å²) >= 11 is 5.78. The van der Waals surface area contributed by atoms with Crippen LogP contribution >= 0.6 is 11.6 Å². The quantitative estimate of drug-likeness (QED) is 0.672. The fourth-order valence-electron chi connectivity index (χ4n) is 2.76. The van der Waals surface area contributed by atoms with Crippen LogP contribution in [0.25, 0.3) is 0 Å². The van der Waals surface area contributed by atoms with Gasteiger partial charge in [0.1, 0.15) is 0 Å². The molecule has 2 rings (SSSR count). The summed E-state index contributed by atoms with van der Waals surface area (Å²) in [5, 5.41) is 0.473. The lowest BCUT2D eigenvalue weighted by Gasteiger charge is -2.24. The van der Waals surface area contributed by atoms with Crippen LogP contribution in [0.15, 0.2) is 29.2 Å². The zero-order valence-corrected chi connectivity index (χ0v) is 14.0. The van der Waals surface area contributed by atoms with Crippen LogP contribution in [0.5, 0.6) is 0 Å². The molecule has 0 radical (unpaired) electrons. The molecule has 0 bridgehead atoms. The summed E-state index contributed by atoms with van der Waals surface area (Å²) in [5.41, 5.74) is 0. The standard InChI is InChI=1S/C15H20ClNO4S/c1-21-15(18)13-5-3-2-4-6-14(13)17-22(19,20)12-9-7-11(16)8-10-12/h7-10,13-14,17H,2-6H2,1H3/t13-,14+/m1/s1. The van der Waals surface area contributed by atoms with Crippen LogP contribution < -0.4 is 4.72 Å². The van der Waals surface area contributed by atoms with Crippen molar-refractivity contribution in [2.24, 2.45) is 5.92 Å². The smallest absolute Gasteiger partial charge is 0.310 e. The van der Waals surface area contributed by atoms with Crippen LogP contribution in [-0.4, -0.2) is 27.5 Å². The lowest BCUT2D eigenvalue weighted by Crippen LogP contribution is -2.43. The molecule has 5 nitrogen and oxygen atoms in total. The summed E-state index contributed by atoms with van der Waals surface area (Å²) in [7, 11) is -2.35. The summed E-state index contributed by atoms with van der Waals surface area (Å²) < 4.78 is 32.4. The molecule has 1 saturated carbocycles. The highest BCUT2D eigenvalue weighted by molar-refractivity contribution is 7.89. The highest BCUT2D eigenvalue weighted by Gasteiger charge is 2.33. The Hall–Kier alpha value is -1.11. The molecule has 1 fully saturated rings. The number of rotatable bonds is 4. The van der Waals surface area contributed by atoms with Gasteiger partial charge >= 0.3 is 5.97 Å². The van der Waals surface area contributed by atoms with E-state index in [1.165, 1.54) is 31.4 Å². The number of nitrogens with one attached hydrogen (secondary N) is 1. The zero-order valence-electron chi connectivity index (χ0n) is 12.4. The highest BCUT2D eigenvalue weighted by Crippen LogP contribution is 2.26. The summed E-state index contributed by atoms with van der Waals surface area (Å²) in [6, 6.07) is 5.53. The van der Waals surface area contributed by atoms with Gasteiger partial charge in [-0.15, -0.1) is 0 Å². The molecule has 0 aliphatic heterocycles. The average Bonchev–Trinajstić information content (AvgIpc) is 2.72. The Bertz CT molecular complexity index is 615. The van der Waals surface area contributed by atoms with Gasteiger partial charge in [0.25, 0.3) is 0 Å². The van der Waals surface area contributed by atoms with Crippen LogP contribution in [0.4, 0.5) is 0 Å². The minimum absolute atomic E-state index is 0.143. The Labute approximate surface area is 136 Å². The molecule has 0 saturated heterocycles. The Morgan fingerprint density at radius 3 is 2.45 bits per heavy atom. The van der Waals surface area contributed by atoms with Crippen molar-refractivity contribution in [2.75, 3.05) is 7.11 Å². The van der Waals surface area contributed by atoms with E-state index >= 15 is 0 Å². The first-order valence-electron chi connectivity index (χ1n) is 7.30. The molecule has 1 aliphatic carbocycles. The Morgan fingerprint density at radius 2 is 1.82 bits per heavy atom. The molecule has 0 amide bonds. The molecular weight excluding hydrogens is 326 g/mol. The Morgan fingerprint density at radius 1 is 1.18 bits per heavy atom. The number of carbonyl (C=O) groups excluding carboxylic acids is 1. The highest BCUT2D eigenvalue weighted by atomic mass is 35.5. The second-order valence-corrected chi connectivity index (χ2v) is 7.60. The van der Waals surface area contributed by atoms with Crippen molar-refractivity contribution in [1.82, 2.24) is 4.72 Å². The Balaban J connectivity index is 2.21. The van der Waals surface area contributed by atoms with Gasteiger partial charge in [-0.05, 0) is 37.1 Å². The lowest BCUT2D eigenvalue weighted by molar-refractivity contribution is -0.146. The first-order chi connectivity index (χ1) is 10.4. The maximum atomic E-state index is 12.5. The maximum absolute atomic E-state index is 12.5. The van der Waals surface area contributed by atoms with Gasteiger partial charge in [-0.3, -0.25) is 4.79 Å². The summed E-state index contributed by atoms with van der Waals surface area (Å²) in [6.45, 7) is 0. The first kappa shape index (κ1) is 17.2. The topological polar surface area (TPSA) is 72.5 Å². The van der Waals surface area contributed by atoms with Crippen LogP contribution in [0.2, 0.25) is 5.02 Å². The SMILES string of the molecule is COC(=O)[C@@H]1CCCCC[C@@H]1NS(=O)(=O)c1ccc(Cl)cc1. The molecule has 0 aromatic heterocycles. The predicted octanol–water partition coefficient (Wildman–Crippen LogP) is 2.74. The number of methoxy groups -OCH3 is 1. The second kappa shape index (κ2) is 7.44. The molecule has 1 aromatic carbocycles. The Kier molecular flexibility index (Phi) is 5.83. The third-order valence-corrected chi connectivity index (χ3v) is 5.71. The van der Waals surface area contributed by atoms with Crippen LogP contribution in [0, 0.1) is 5.92 Å². The molecule has 0 unspecified atom stereocenters. The van der Waals surface area contributed by atoms with Crippen molar-refractivity contribution in [3.05, 3.63) is 29.3 Å². The number of hydrogen-bond donors (Lipinski definition) is 1. The third kappa shape index (κ3) is 4.21. The van der Waals surface area contributed by atoms with Gasteiger partial charge in [0.05, 0.1) is 17.9 Å². The van der Waals surface area contributed by atoms with Gasteiger partial charge < -0.3 is 4.74 Å². The summed E-state index contributed by atoms with van der Waals surface area (Å²) in [4.78, 5) is 12.1. The molecule has 22 heavy (non-hydrogen) atoms. The number of ether oxygens (including phenoxy) is 1. The van der Waals surface area contributed by atoms with E-state index in [4.69, 9.17) is 16.3 Å². The van der Waals surface area contributed by atoms with E-state index in [2.05, 4.69) is 4.72 Å². The van der Waals surface area contributed by atoms with Crippen molar-refractivity contribution in [3.8, 4) is 0 Å². The number of carbonyl (C=O) groups is 1. The van der Waals surface area contributed by atoms with Gasteiger partial charge in [-0.2, -0.15) is 0 Å². The molecule has 2 atom stereocenters. The largest absolute Gasteiger partial charge is 0.469 e. The van der Waals surface area contributed by atoms with Crippen LogP contribution in [0.3, 0.4) is 0 Å². The fourth-order valence-corrected chi connectivity index (χ4v) is 4.20. The first-order valence-corrected chi connectivity index (χ1v) is 9.16. The summed E-state index contributed by atoms with van der Waals surface area (Å²) in [6.07, 6.45) is 4.06.